The smallest absolute Gasteiger partial charge is 0.335 e. The fraction of sp³-hybridized carbons (Fsp3) is 0.323. The molecule has 0 atom stereocenters. The summed E-state index contributed by atoms with van der Waals surface area (Å²) in [6.45, 7) is 2.60. The van der Waals surface area contributed by atoms with Crippen molar-refractivity contribution in [2.75, 3.05) is 26.3 Å². The molecule has 192 valence electrons. The summed E-state index contributed by atoms with van der Waals surface area (Å²) in [6.07, 6.45) is 4.10. The predicted octanol–water partition coefficient (Wildman–Crippen LogP) is 7.82. The van der Waals surface area contributed by atoms with E-state index in [0.29, 0.717) is 27.9 Å². The van der Waals surface area contributed by atoms with Crippen LogP contribution in [0.5, 0.6) is 0 Å². The van der Waals surface area contributed by atoms with Crippen LogP contribution in [0, 0.1) is 5.92 Å². The first-order valence-corrected chi connectivity index (χ1v) is 13.6. The van der Waals surface area contributed by atoms with Crippen LogP contribution < -0.4 is 0 Å². The maximum Gasteiger partial charge on any atom is 0.335 e. The molecule has 37 heavy (non-hydrogen) atoms. The molecule has 3 aromatic carbocycles. The van der Waals surface area contributed by atoms with Crippen molar-refractivity contribution in [3.63, 3.8) is 0 Å². The van der Waals surface area contributed by atoms with E-state index in [0.717, 1.165) is 78.7 Å². The molecule has 0 amide bonds. The van der Waals surface area contributed by atoms with Crippen molar-refractivity contribution in [2.24, 2.45) is 5.92 Å². The Hall–Kier alpha value is -2.66. The molecule has 1 heterocycles. The van der Waals surface area contributed by atoms with Crippen LogP contribution in [0.25, 0.3) is 11.1 Å². The van der Waals surface area contributed by atoms with Crippen molar-refractivity contribution in [3.05, 3.63) is 104 Å². The second-order valence-corrected chi connectivity index (χ2v) is 10.9. The number of likely N-dealkylation sites (tertiary alicyclic amines) is 1. The minimum atomic E-state index is -0.915. The molecule has 3 nitrogen and oxygen atoms in total. The molecule has 1 N–H and O–H groups in total. The monoisotopic (exact) mass is 537 g/mol. The van der Waals surface area contributed by atoms with Crippen LogP contribution in [0.15, 0.2) is 60.7 Å². The number of nitrogens with zero attached hydrogens (tertiary/aromatic N) is 1. The van der Waals surface area contributed by atoms with Gasteiger partial charge in [-0.2, -0.15) is 0 Å². The number of aromatic carboxylic acids is 1. The number of hydrogen-bond donors (Lipinski definition) is 1. The number of rotatable bonds is 8. The summed E-state index contributed by atoms with van der Waals surface area (Å²) in [5.41, 5.74) is 8.01. The second kappa shape index (κ2) is 11.4. The Kier molecular flexibility index (Phi) is 7.99. The lowest BCUT2D eigenvalue weighted by Crippen LogP contribution is -2.47. The van der Waals surface area contributed by atoms with Gasteiger partial charge in [-0.05, 0) is 101 Å². The maximum atomic E-state index is 12.5. The molecule has 6 heteroatoms. The third kappa shape index (κ3) is 5.77. The summed E-state index contributed by atoms with van der Waals surface area (Å²) < 4.78 is 12.5. The molecule has 1 aliphatic carbocycles. The van der Waals surface area contributed by atoms with Gasteiger partial charge in [0.1, 0.15) is 0 Å². The molecule has 0 bridgehead atoms. The zero-order valence-corrected chi connectivity index (χ0v) is 22.2. The van der Waals surface area contributed by atoms with E-state index >= 15 is 0 Å². The number of carboxylic acids is 1. The lowest BCUT2D eigenvalue weighted by molar-refractivity contribution is 0.0696. The first-order valence-electron chi connectivity index (χ1n) is 12.9. The van der Waals surface area contributed by atoms with Crippen LogP contribution in [0.2, 0.25) is 10.0 Å². The Balaban J connectivity index is 1.56. The van der Waals surface area contributed by atoms with Crippen molar-refractivity contribution in [1.29, 1.82) is 0 Å². The zero-order chi connectivity index (χ0) is 25.9. The van der Waals surface area contributed by atoms with E-state index in [-0.39, 0.29) is 6.67 Å². The Morgan fingerprint density at radius 3 is 2.57 bits per heavy atom. The van der Waals surface area contributed by atoms with Crippen LogP contribution in [-0.2, 0) is 12.8 Å². The molecule has 5 rings (SSSR count). The number of hydrogen-bond acceptors (Lipinski definition) is 2. The van der Waals surface area contributed by atoms with Gasteiger partial charge >= 0.3 is 5.97 Å². The van der Waals surface area contributed by atoms with Gasteiger partial charge in [0.2, 0.25) is 0 Å². The quantitative estimate of drug-likeness (QED) is 0.318. The SMILES string of the molecule is O=C(O)c1ccc2c(c1)CCCC(c1ccc(Cl)cc1Cl)=C2c1cccc(CC2CN(CCCF)C2)c1. The van der Waals surface area contributed by atoms with E-state index in [1.807, 2.05) is 24.3 Å². The number of carboxylic acid groups (broad SMARTS) is 1. The Morgan fingerprint density at radius 2 is 1.81 bits per heavy atom. The highest BCUT2D eigenvalue weighted by atomic mass is 35.5. The van der Waals surface area contributed by atoms with Gasteiger partial charge < -0.3 is 10.0 Å². The first-order chi connectivity index (χ1) is 17.9. The van der Waals surface area contributed by atoms with Gasteiger partial charge in [-0.25, -0.2) is 4.79 Å². The third-order valence-electron chi connectivity index (χ3n) is 7.43. The van der Waals surface area contributed by atoms with E-state index in [2.05, 4.69) is 29.2 Å². The van der Waals surface area contributed by atoms with Gasteiger partial charge in [0.15, 0.2) is 0 Å². The molecular formula is C31H30Cl2FNO2. The average molecular weight is 538 g/mol. The molecule has 1 fully saturated rings. The number of halogens is 3. The number of aryl methyl sites for hydroxylation is 1. The Labute approximate surface area is 227 Å². The molecule has 0 unspecified atom stereocenters. The van der Waals surface area contributed by atoms with Gasteiger partial charge in [-0.15, -0.1) is 0 Å². The Bertz CT molecular complexity index is 1350. The summed E-state index contributed by atoms with van der Waals surface area (Å²) in [5.74, 6) is -0.338. The number of benzene rings is 3. The van der Waals surface area contributed by atoms with Gasteiger partial charge in [0.05, 0.1) is 12.2 Å². The minimum Gasteiger partial charge on any atom is -0.478 e. The van der Waals surface area contributed by atoms with E-state index in [1.54, 1.807) is 12.1 Å². The third-order valence-corrected chi connectivity index (χ3v) is 7.98. The van der Waals surface area contributed by atoms with Gasteiger partial charge in [0.25, 0.3) is 0 Å². The van der Waals surface area contributed by atoms with E-state index in [4.69, 9.17) is 23.2 Å². The van der Waals surface area contributed by atoms with Gasteiger partial charge in [0, 0.05) is 29.7 Å². The molecule has 0 radical (unpaired) electrons. The van der Waals surface area contributed by atoms with E-state index in [9.17, 15) is 14.3 Å². The van der Waals surface area contributed by atoms with Crippen LogP contribution >= 0.6 is 23.2 Å². The van der Waals surface area contributed by atoms with Gasteiger partial charge in [-0.3, -0.25) is 4.39 Å². The number of allylic oxidation sites excluding steroid dienone is 1. The topological polar surface area (TPSA) is 40.5 Å². The molecule has 0 aromatic heterocycles. The first kappa shape index (κ1) is 26.0. The number of fused-ring (bicyclic) bond motifs is 1. The highest BCUT2D eigenvalue weighted by Crippen LogP contribution is 2.42. The van der Waals surface area contributed by atoms with E-state index < -0.39 is 5.97 Å². The second-order valence-electron chi connectivity index (χ2n) is 10.1. The lowest BCUT2D eigenvalue weighted by Gasteiger charge is -2.39. The predicted molar refractivity (Wildman–Crippen MR) is 149 cm³/mol. The standard InChI is InChI=1S/C31H30Cl2FNO2/c32-25-9-11-27(29(33)17-25)28-7-2-5-22-16-24(31(36)37)8-10-26(22)30(28)23-6-1-4-20(15-23)14-21-18-35(19-21)13-3-12-34/h1,4,6,8-11,15-17,21H,2-3,5,7,12-14,18-19H2,(H,36,37). The van der Waals surface area contributed by atoms with Crippen LogP contribution in [0.3, 0.4) is 0 Å². The fourth-order valence-electron chi connectivity index (χ4n) is 5.71. The van der Waals surface area contributed by atoms with Crippen molar-refractivity contribution in [2.45, 2.75) is 32.1 Å². The molecule has 3 aromatic rings. The molecular weight excluding hydrogens is 508 g/mol. The van der Waals surface area contributed by atoms with Crippen molar-refractivity contribution < 1.29 is 14.3 Å². The maximum absolute atomic E-state index is 12.5. The largest absolute Gasteiger partial charge is 0.478 e. The highest BCUT2D eigenvalue weighted by molar-refractivity contribution is 6.36. The highest BCUT2D eigenvalue weighted by Gasteiger charge is 2.27. The van der Waals surface area contributed by atoms with Crippen LogP contribution in [0.1, 0.15) is 57.4 Å². The molecule has 2 aliphatic rings. The Morgan fingerprint density at radius 1 is 1.00 bits per heavy atom. The van der Waals surface area contributed by atoms with Crippen molar-refractivity contribution in [1.82, 2.24) is 4.90 Å². The molecule has 0 saturated carbocycles. The summed E-state index contributed by atoms with van der Waals surface area (Å²) in [6, 6.07) is 19.8. The van der Waals surface area contributed by atoms with E-state index in [1.165, 1.54) is 5.56 Å². The lowest BCUT2D eigenvalue weighted by atomic mass is 9.85. The van der Waals surface area contributed by atoms with Crippen LogP contribution in [0.4, 0.5) is 4.39 Å². The van der Waals surface area contributed by atoms with Crippen LogP contribution in [-0.4, -0.2) is 42.3 Å². The summed E-state index contributed by atoms with van der Waals surface area (Å²) in [7, 11) is 0. The average Bonchev–Trinajstić information content (AvgIpc) is 3.04. The molecule has 1 aliphatic heterocycles. The summed E-state index contributed by atoms with van der Waals surface area (Å²) in [5, 5.41) is 10.8. The zero-order valence-electron chi connectivity index (χ0n) is 20.7. The normalized spacial score (nSPS) is 16.3. The summed E-state index contributed by atoms with van der Waals surface area (Å²) >= 11 is 12.9. The molecule has 1 saturated heterocycles. The number of alkyl halides is 1. The summed E-state index contributed by atoms with van der Waals surface area (Å²) in [4.78, 5) is 14.0. The number of carbonyl (C=O) groups is 1. The van der Waals surface area contributed by atoms with Gasteiger partial charge in [-0.1, -0.05) is 59.6 Å². The van der Waals surface area contributed by atoms with Crippen molar-refractivity contribution >= 4 is 40.3 Å². The van der Waals surface area contributed by atoms with Crippen molar-refractivity contribution in [3.8, 4) is 0 Å². The minimum absolute atomic E-state index is 0.256. The molecule has 0 spiro atoms. The fourth-order valence-corrected chi connectivity index (χ4v) is 6.24.